The summed E-state index contributed by atoms with van der Waals surface area (Å²) in [6, 6.07) is 2.12. The Balaban J connectivity index is 2.82. The fraction of sp³-hybridized carbons (Fsp3) is 0.600. The van der Waals surface area contributed by atoms with Crippen LogP contribution in [0.4, 0.5) is 5.69 Å². The van der Waals surface area contributed by atoms with Gasteiger partial charge in [-0.3, -0.25) is 9.78 Å². The van der Waals surface area contributed by atoms with Crippen LogP contribution in [0.2, 0.25) is 0 Å². The zero-order valence-electron chi connectivity index (χ0n) is 12.4. The van der Waals surface area contributed by atoms with Crippen LogP contribution in [-0.4, -0.2) is 23.5 Å². The largest absolute Gasteiger partial charge is 0.384 e. The number of carbonyl (C=O) groups excluding carboxylic acids is 1. The van der Waals surface area contributed by atoms with E-state index in [0.29, 0.717) is 5.56 Å². The smallest absolute Gasteiger partial charge is 0.255 e. The Bertz CT molecular complexity index is 418. The third kappa shape index (κ3) is 4.89. The molecule has 0 spiro atoms. The van der Waals surface area contributed by atoms with Gasteiger partial charge in [0.25, 0.3) is 5.91 Å². The molecule has 0 aromatic carbocycles. The summed E-state index contributed by atoms with van der Waals surface area (Å²) in [5, 5.41) is 6.30. The lowest BCUT2D eigenvalue weighted by atomic mass is 10.1. The lowest BCUT2D eigenvalue weighted by Gasteiger charge is -2.15. The maximum Gasteiger partial charge on any atom is 0.255 e. The van der Waals surface area contributed by atoms with E-state index >= 15 is 0 Å². The number of rotatable bonds is 7. The average molecular weight is 263 g/mol. The van der Waals surface area contributed by atoms with Crippen LogP contribution < -0.4 is 10.6 Å². The monoisotopic (exact) mass is 263 g/mol. The average Bonchev–Trinajstić information content (AvgIpc) is 2.36. The van der Waals surface area contributed by atoms with Crippen molar-refractivity contribution in [2.45, 2.75) is 53.0 Å². The number of amides is 1. The highest BCUT2D eigenvalue weighted by Crippen LogP contribution is 2.16. The summed E-state index contributed by atoms with van der Waals surface area (Å²) >= 11 is 0. The minimum absolute atomic E-state index is 0.0490. The fourth-order valence-electron chi connectivity index (χ4n) is 1.95. The maximum atomic E-state index is 12.2. The Morgan fingerprint density at radius 2 is 2.11 bits per heavy atom. The van der Waals surface area contributed by atoms with Crippen molar-refractivity contribution in [2.24, 2.45) is 0 Å². The molecule has 1 rings (SSSR count). The maximum absolute atomic E-state index is 12.2. The van der Waals surface area contributed by atoms with Gasteiger partial charge in [0.05, 0.1) is 11.3 Å². The third-order valence-electron chi connectivity index (χ3n) is 2.95. The number of hydrogen-bond donors (Lipinski definition) is 2. The molecule has 1 unspecified atom stereocenters. The van der Waals surface area contributed by atoms with Crippen LogP contribution in [0.1, 0.15) is 56.1 Å². The standard InChI is InChI=1S/C15H25N3O/c1-5-7-11(3)18-15(19)13-10-17-12(4)9-14(13)16-8-6-2/h9-11H,5-8H2,1-4H3,(H,16,17)(H,18,19). The first-order chi connectivity index (χ1) is 9.08. The van der Waals surface area contributed by atoms with E-state index in [1.54, 1.807) is 6.20 Å². The topological polar surface area (TPSA) is 54.0 Å². The molecule has 106 valence electrons. The molecule has 1 heterocycles. The quantitative estimate of drug-likeness (QED) is 0.794. The minimum atomic E-state index is -0.0490. The lowest BCUT2D eigenvalue weighted by molar-refractivity contribution is 0.0939. The second kappa shape index (κ2) is 7.77. The van der Waals surface area contributed by atoms with Gasteiger partial charge in [0, 0.05) is 24.5 Å². The molecule has 4 nitrogen and oxygen atoms in total. The van der Waals surface area contributed by atoms with Gasteiger partial charge in [-0.05, 0) is 32.8 Å². The summed E-state index contributed by atoms with van der Waals surface area (Å²) in [5.74, 6) is -0.0490. The van der Waals surface area contributed by atoms with Crippen LogP contribution >= 0.6 is 0 Å². The molecule has 1 aromatic heterocycles. The van der Waals surface area contributed by atoms with Gasteiger partial charge >= 0.3 is 0 Å². The minimum Gasteiger partial charge on any atom is -0.384 e. The van der Waals surface area contributed by atoms with Crippen molar-refractivity contribution in [3.8, 4) is 0 Å². The van der Waals surface area contributed by atoms with Gasteiger partial charge in [-0.15, -0.1) is 0 Å². The van der Waals surface area contributed by atoms with Crippen LogP contribution in [0, 0.1) is 6.92 Å². The van der Waals surface area contributed by atoms with E-state index in [0.717, 1.165) is 37.2 Å². The Labute approximate surface area is 116 Å². The number of nitrogens with one attached hydrogen (secondary N) is 2. The van der Waals surface area contributed by atoms with Gasteiger partial charge in [0.2, 0.25) is 0 Å². The van der Waals surface area contributed by atoms with Crippen LogP contribution in [0.3, 0.4) is 0 Å². The Kier molecular flexibility index (Phi) is 6.33. The van der Waals surface area contributed by atoms with Crippen molar-refractivity contribution in [2.75, 3.05) is 11.9 Å². The summed E-state index contributed by atoms with van der Waals surface area (Å²) in [6.45, 7) is 9.03. The highest BCUT2D eigenvalue weighted by molar-refractivity contribution is 5.99. The van der Waals surface area contributed by atoms with E-state index in [1.165, 1.54) is 0 Å². The molecule has 19 heavy (non-hydrogen) atoms. The molecule has 0 aliphatic carbocycles. The second-order valence-corrected chi connectivity index (χ2v) is 4.96. The Morgan fingerprint density at radius 1 is 1.37 bits per heavy atom. The van der Waals surface area contributed by atoms with E-state index in [2.05, 4.69) is 29.5 Å². The highest BCUT2D eigenvalue weighted by atomic mass is 16.1. The van der Waals surface area contributed by atoms with Gasteiger partial charge in [0.15, 0.2) is 0 Å². The number of pyridine rings is 1. The molecule has 0 saturated heterocycles. The molecule has 0 fully saturated rings. The molecule has 1 amide bonds. The molecule has 1 aromatic rings. The van der Waals surface area contributed by atoms with E-state index in [9.17, 15) is 4.79 Å². The summed E-state index contributed by atoms with van der Waals surface area (Å²) in [4.78, 5) is 16.5. The molecule has 0 radical (unpaired) electrons. The second-order valence-electron chi connectivity index (χ2n) is 4.96. The number of nitrogens with zero attached hydrogens (tertiary/aromatic N) is 1. The first kappa shape index (κ1) is 15.5. The lowest BCUT2D eigenvalue weighted by Crippen LogP contribution is -2.33. The molecule has 4 heteroatoms. The molecule has 0 aliphatic rings. The normalized spacial score (nSPS) is 12.0. The Morgan fingerprint density at radius 3 is 2.74 bits per heavy atom. The predicted octanol–water partition coefficient (Wildman–Crippen LogP) is 3.13. The SMILES string of the molecule is CCCNc1cc(C)ncc1C(=O)NC(C)CCC. The van der Waals surface area contributed by atoms with Gasteiger partial charge in [0.1, 0.15) is 0 Å². The molecule has 0 bridgehead atoms. The van der Waals surface area contributed by atoms with Crippen molar-refractivity contribution < 1.29 is 4.79 Å². The van der Waals surface area contributed by atoms with Crippen LogP contribution in [-0.2, 0) is 0 Å². The van der Waals surface area contributed by atoms with Gasteiger partial charge in [-0.1, -0.05) is 20.3 Å². The van der Waals surface area contributed by atoms with E-state index < -0.39 is 0 Å². The van der Waals surface area contributed by atoms with Crippen LogP contribution in [0.25, 0.3) is 0 Å². The van der Waals surface area contributed by atoms with Crippen molar-refractivity contribution in [1.29, 1.82) is 0 Å². The number of carbonyl (C=O) groups is 1. The Hall–Kier alpha value is -1.58. The number of anilines is 1. The van der Waals surface area contributed by atoms with Crippen molar-refractivity contribution in [3.63, 3.8) is 0 Å². The first-order valence-electron chi connectivity index (χ1n) is 7.09. The third-order valence-corrected chi connectivity index (χ3v) is 2.95. The number of aromatic nitrogens is 1. The highest BCUT2D eigenvalue weighted by Gasteiger charge is 2.14. The fourth-order valence-corrected chi connectivity index (χ4v) is 1.95. The molecular weight excluding hydrogens is 238 g/mol. The zero-order valence-corrected chi connectivity index (χ0v) is 12.4. The molecule has 0 aliphatic heterocycles. The molecule has 1 atom stereocenters. The summed E-state index contributed by atoms with van der Waals surface area (Å²) in [6.07, 6.45) is 4.73. The molecule has 0 saturated carbocycles. The zero-order chi connectivity index (χ0) is 14.3. The number of hydrogen-bond acceptors (Lipinski definition) is 3. The number of aryl methyl sites for hydroxylation is 1. The summed E-state index contributed by atoms with van der Waals surface area (Å²) < 4.78 is 0. The van der Waals surface area contributed by atoms with E-state index in [1.807, 2.05) is 19.9 Å². The summed E-state index contributed by atoms with van der Waals surface area (Å²) in [7, 11) is 0. The first-order valence-corrected chi connectivity index (χ1v) is 7.09. The van der Waals surface area contributed by atoms with Crippen molar-refractivity contribution in [1.82, 2.24) is 10.3 Å². The van der Waals surface area contributed by atoms with Crippen molar-refractivity contribution in [3.05, 3.63) is 23.5 Å². The van der Waals surface area contributed by atoms with Gasteiger partial charge < -0.3 is 10.6 Å². The van der Waals surface area contributed by atoms with Crippen molar-refractivity contribution >= 4 is 11.6 Å². The van der Waals surface area contributed by atoms with Crippen LogP contribution in [0.15, 0.2) is 12.3 Å². The predicted molar refractivity (Wildman–Crippen MR) is 79.6 cm³/mol. The van der Waals surface area contributed by atoms with E-state index in [4.69, 9.17) is 0 Å². The summed E-state index contributed by atoms with van der Waals surface area (Å²) in [5.41, 5.74) is 2.41. The molecular formula is C15H25N3O. The van der Waals surface area contributed by atoms with Crippen LogP contribution in [0.5, 0.6) is 0 Å². The van der Waals surface area contributed by atoms with Gasteiger partial charge in [-0.25, -0.2) is 0 Å². The van der Waals surface area contributed by atoms with E-state index in [-0.39, 0.29) is 11.9 Å². The molecule has 2 N–H and O–H groups in total. The van der Waals surface area contributed by atoms with Gasteiger partial charge in [-0.2, -0.15) is 0 Å².